The number of nitrogens with zero attached hydrogens (tertiary/aromatic N) is 5. The summed E-state index contributed by atoms with van der Waals surface area (Å²) >= 11 is 0. The van der Waals surface area contributed by atoms with E-state index in [9.17, 15) is 9.18 Å². The van der Waals surface area contributed by atoms with Crippen molar-refractivity contribution >= 4 is 39.8 Å². The van der Waals surface area contributed by atoms with E-state index in [0.29, 0.717) is 55.1 Å². The van der Waals surface area contributed by atoms with Gasteiger partial charge in [-0.3, -0.25) is 14.7 Å². The van der Waals surface area contributed by atoms with E-state index >= 15 is 8.78 Å². The number of nitrogens with one attached hydrogen (secondary N) is 2. The van der Waals surface area contributed by atoms with Gasteiger partial charge in [-0.05, 0) is 24.3 Å². The van der Waals surface area contributed by atoms with Gasteiger partial charge in [-0.1, -0.05) is 24.8 Å². The number of para-hydroxylation sites is 1. The van der Waals surface area contributed by atoms with Crippen LogP contribution in [0, 0.1) is 11.6 Å². The lowest BCUT2D eigenvalue weighted by atomic mass is 10.0. The molecule has 4 aromatic rings. The zero-order valence-electron chi connectivity index (χ0n) is 21.0. The fourth-order valence-electron chi connectivity index (χ4n) is 4.53. The molecule has 2 N–H and O–H groups in total. The summed E-state index contributed by atoms with van der Waals surface area (Å²) < 4.78 is 42.8. The van der Waals surface area contributed by atoms with E-state index in [4.69, 9.17) is 0 Å². The van der Waals surface area contributed by atoms with Crippen molar-refractivity contribution in [2.24, 2.45) is 0 Å². The van der Waals surface area contributed by atoms with Gasteiger partial charge in [0.2, 0.25) is 11.9 Å². The second-order valence-corrected chi connectivity index (χ2v) is 9.00. The van der Waals surface area contributed by atoms with Gasteiger partial charge in [0.25, 0.3) is 0 Å². The average molecular weight is 534 g/mol. The van der Waals surface area contributed by atoms with Crippen molar-refractivity contribution in [1.82, 2.24) is 19.9 Å². The van der Waals surface area contributed by atoms with E-state index in [-0.39, 0.29) is 23.2 Å². The zero-order valence-corrected chi connectivity index (χ0v) is 21.0. The van der Waals surface area contributed by atoms with E-state index in [1.54, 1.807) is 23.4 Å². The topological polar surface area (TPSA) is 86.3 Å². The van der Waals surface area contributed by atoms with Crippen LogP contribution in [0.2, 0.25) is 0 Å². The largest absolute Gasteiger partial charge is 0.367 e. The number of piperazine rings is 1. The molecule has 39 heavy (non-hydrogen) atoms. The lowest BCUT2D eigenvalue weighted by Gasteiger charge is -2.35. The van der Waals surface area contributed by atoms with Crippen LogP contribution in [0.15, 0.2) is 67.6 Å². The van der Waals surface area contributed by atoms with Gasteiger partial charge in [-0.25, -0.2) is 23.1 Å². The Morgan fingerprint density at radius 1 is 1.05 bits per heavy atom. The van der Waals surface area contributed by atoms with E-state index in [1.165, 1.54) is 24.4 Å². The fourth-order valence-corrected chi connectivity index (χ4v) is 4.53. The normalized spacial score (nSPS) is 13.9. The molecule has 1 saturated heterocycles. The van der Waals surface area contributed by atoms with Gasteiger partial charge in [-0.2, -0.15) is 0 Å². The maximum absolute atomic E-state index is 15.1. The molecule has 1 aliphatic heterocycles. The molecule has 3 heterocycles. The number of carbonyl (C=O) groups is 1. The third-order valence-electron chi connectivity index (χ3n) is 6.54. The van der Waals surface area contributed by atoms with Crippen molar-refractivity contribution < 1.29 is 18.0 Å². The predicted octanol–water partition coefficient (Wildman–Crippen LogP) is 4.93. The van der Waals surface area contributed by atoms with Crippen LogP contribution in [0.3, 0.4) is 0 Å². The molecule has 1 aliphatic rings. The second-order valence-electron chi connectivity index (χ2n) is 9.00. The number of pyridine rings is 1. The summed E-state index contributed by atoms with van der Waals surface area (Å²) in [5, 5.41) is 6.20. The van der Waals surface area contributed by atoms with E-state index < -0.39 is 18.3 Å². The third kappa shape index (κ3) is 5.68. The molecule has 11 heteroatoms. The number of fused-ring (bicyclic) bond motifs is 1. The first-order valence-corrected chi connectivity index (χ1v) is 12.4. The number of halogens is 3. The minimum absolute atomic E-state index is 0.0879. The molecule has 0 bridgehead atoms. The van der Waals surface area contributed by atoms with E-state index in [0.717, 1.165) is 5.39 Å². The summed E-state index contributed by atoms with van der Waals surface area (Å²) in [6.45, 7) is 5.48. The highest BCUT2D eigenvalue weighted by atomic mass is 19.2. The van der Waals surface area contributed by atoms with Crippen molar-refractivity contribution in [3.63, 3.8) is 0 Å². The summed E-state index contributed by atoms with van der Waals surface area (Å²) in [6.07, 6.45) is 5.91. The molecule has 0 spiro atoms. The summed E-state index contributed by atoms with van der Waals surface area (Å²) in [4.78, 5) is 28.5. The number of rotatable bonds is 8. The van der Waals surface area contributed by atoms with Crippen molar-refractivity contribution in [3.8, 4) is 11.1 Å². The SMILES string of the molecule is C=CC(=O)Nc1cncc(-c2cccc3cnc(Nc4ccc(N5CCN(CCF)CC5)c(F)c4F)nc23)c1. The molecule has 5 rings (SSSR count). The molecule has 0 saturated carbocycles. The molecule has 8 nitrogen and oxygen atoms in total. The van der Waals surface area contributed by atoms with Crippen LogP contribution in [0.4, 0.5) is 36.2 Å². The Balaban J connectivity index is 1.40. The van der Waals surface area contributed by atoms with Crippen molar-refractivity contribution in [3.05, 3.63) is 79.3 Å². The second kappa shape index (κ2) is 11.5. The Morgan fingerprint density at radius 2 is 1.87 bits per heavy atom. The van der Waals surface area contributed by atoms with Crippen LogP contribution in [-0.4, -0.2) is 65.2 Å². The van der Waals surface area contributed by atoms with Gasteiger partial charge >= 0.3 is 0 Å². The van der Waals surface area contributed by atoms with Crippen LogP contribution in [0.1, 0.15) is 0 Å². The standard InChI is InChI=1S/C28H26F3N7O/c1-2-24(39)34-20-14-19(15-32-17-20)21-5-3-4-18-16-33-28(36-27(18)21)35-22-6-7-23(26(31)25(22)30)38-12-10-37(9-8-29)11-13-38/h2-7,14-17H,1,8-13H2,(H,34,39)(H,33,35,36). The van der Waals surface area contributed by atoms with Gasteiger partial charge in [0, 0.05) is 61.6 Å². The number of anilines is 4. The smallest absolute Gasteiger partial charge is 0.247 e. The number of amides is 1. The summed E-state index contributed by atoms with van der Waals surface area (Å²) in [7, 11) is 0. The van der Waals surface area contributed by atoms with Crippen LogP contribution in [-0.2, 0) is 4.79 Å². The number of benzene rings is 2. The van der Waals surface area contributed by atoms with Crippen LogP contribution in [0.25, 0.3) is 22.0 Å². The third-order valence-corrected chi connectivity index (χ3v) is 6.54. The van der Waals surface area contributed by atoms with Crippen LogP contribution in [0.5, 0.6) is 0 Å². The fraction of sp³-hybridized carbons (Fsp3) is 0.214. The zero-order chi connectivity index (χ0) is 27.4. The Bertz CT molecular complexity index is 1520. The van der Waals surface area contributed by atoms with E-state index in [1.807, 2.05) is 23.1 Å². The number of hydrogen-bond donors (Lipinski definition) is 2. The van der Waals surface area contributed by atoms with Crippen molar-refractivity contribution in [2.75, 3.05) is 54.9 Å². The maximum Gasteiger partial charge on any atom is 0.247 e. The van der Waals surface area contributed by atoms with Gasteiger partial charge in [0.1, 0.15) is 6.67 Å². The quantitative estimate of drug-likeness (QED) is 0.311. The molecule has 2 aromatic carbocycles. The molecule has 1 amide bonds. The Morgan fingerprint density at radius 3 is 2.64 bits per heavy atom. The summed E-state index contributed by atoms with van der Waals surface area (Å²) in [5.41, 5.74) is 2.53. The monoisotopic (exact) mass is 533 g/mol. The molecule has 0 atom stereocenters. The minimum atomic E-state index is -1.04. The van der Waals surface area contributed by atoms with Gasteiger partial charge in [-0.15, -0.1) is 0 Å². The molecule has 0 unspecified atom stereocenters. The number of alkyl halides is 1. The molecule has 0 radical (unpaired) electrons. The maximum atomic E-state index is 15.1. The highest BCUT2D eigenvalue weighted by Gasteiger charge is 2.23. The summed E-state index contributed by atoms with van der Waals surface area (Å²) in [6, 6.07) is 10.3. The van der Waals surface area contributed by atoms with Crippen LogP contribution < -0.4 is 15.5 Å². The van der Waals surface area contributed by atoms with Crippen LogP contribution >= 0.6 is 0 Å². The molecule has 0 aliphatic carbocycles. The average Bonchev–Trinajstić information content (AvgIpc) is 2.96. The lowest BCUT2D eigenvalue weighted by Crippen LogP contribution is -2.47. The van der Waals surface area contributed by atoms with Gasteiger partial charge in [0.15, 0.2) is 11.6 Å². The van der Waals surface area contributed by atoms with Gasteiger partial charge in [0.05, 0.1) is 28.8 Å². The highest BCUT2D eigenvalue weighted by Crippen LogP contribution is 2.31. The number of aromatic nitrogens is 3. The minimum Gasteiger partial charge on any atom is -0.367 e. The predicted molar refractivity (Wildman–Crippen MR) is 146 cm³/mol. The highest BCUT2D eigenvalue weighted by molar-refractivity contribution is 6.00. The lowest BCUT2D eigenvalue weighted by molar-refractivity contribution is -0.111. The number of hydrogen-bond acceptors (Lipinski definition) is 7. The van der Waals surface area contributed by atoms with Crippen molar-refractivity contribution in [1.29, 1.82) is 0 Å². The molecular weight excluding hydrogens is 507 g/mol. The molecule has 2 aromatic heterocycles. The van der Waals surface area contributed by atoms with Crippen molar-refractivity contribution in [2.45, 2.75) is 0 Å². The molecule has 1 fully saturated rings. The molecular formula is C28H26F3N7O. The van der Waals surface area contributed by atoms with Gasteiger partial charge < -0.3 is 15.5 Å². The molecule has 200 valence electrons. The Hall–Kier alpha value is -4.51. The first kappa shape index (κ1) is 26.1. The first-order valence-electron chi connectivity index (χ1n) is 12.4. The first-order chi connectivity index (χ1) is 19.0. The van der Waals surface area contributed by atoms with E-state index in [2.05, 4.69) is 32.2 Å². The number of carbonyl (C=O) groups excluding carboxylic acids is 1. The summed E-state index contributed by atoms with van der Waals surface area (Å²) in [5.74, 6) is -2.28. The Kier molecular flexibility index (Phi) is 7.69. The Labute approximate surface area is 223 Å².